The van der Waals surface area contributed by atoms with Gasteiger partial charge in [-0.25, -0.2) is 0 Å². The minimum absolute atomic E-state index is 0.0186. The van der Waals surface area contributed by atoms with Gasteiger partial charge in [0, 0.05) is 37.0 Å². The topological polar surface area (TPSA) is 0 Å². The molecule has 0 aliphatic heterocycles. The zero-order chi connectivity index (χ0) is 86.3. The molecule has 12 aromatic carbocycles. The maximum Gasteiger partial charge on any atom is 0.0216 e. The highest BCUT2D eigenvalue weighted by Crippen LogP contribution is 2.63. The SMILES string of the molecule is CC(C)CCC1(CCC(C)C)c2ccccc2-c2ccc(-c3ccc4c(c3)C(C)(C)c3cc(-c5ccc6c(c5)C(CCC(C)C)(CCC(C)C)c5cc(-c7ccc8c(c7)C(CCC(C)C)(CCC(C)C)c7cc(-c9ccc%10c(c9)C(C)(C)c9cc(-c%11ccc%12c(c%11)C(CCC(C)C)(CCC(C)C)c%11cc(Br)ccc%11-%12)ccc9-%10)ccc7-8)ccc5-6)ccc3-4)cc21. The largest absolute Gasteiger partial charge is 0.0628 e. The third-order valence-electron chi connectivity index (χ3n) is 31.5. The first-order valence-corrected chi connectivity index (χ1v) is 49.0. The van der Waals surface area contributed by atoms with Crippen LogP contribution in [0.3, 0.4) is 0 Å². The van der Waals surface area contributed by atoms with E-state index in [-0.39, 0.29) is 32.5 Å². The number of benzene rings is 12. The minimum Gasteiger partial charge on any atom is -0.0628 e. The Morgan fingerprint density at radius 2 is 0.333 bits per heavy atom. The van der Waals surface area contributed by atoms with E-state index in [1.807, 2.05) is 0 Å². The highest BCUT2D eigenvalue weighted by molar-refractivity contribution is 9.10. The quantitative estimate of drug-likeness (QED) is 0.0438. The van der Waals surface area contributed by atoms with Crippen LogP contribution in [-0.4, -0.2) is 0 Å². The summed E-state index contributed by atoms with van der Waals surface area (Å²) in [5, 5.41) is 0. The van der Waals surface area contributed by atoms with Crippen molar-refractivity contribution in [1.82, 2.24) is 0 Å². The molecule has 632 valence electrons. The average molecular weight is 1680 g/mol. The molecule has 0 N–H and O–H groups in total. The molecule has 0 radical (unpaired) electrons. The third kappa shape index (κ3) is 14.6. The lowest BCUT2D eigenvalue weighted by atomic mass is 9.68. The first-order chi connectivity index (χ1) is 58.8. The Morgan fingerprint density at radius 1 is 0.179 bits per heavy atom. The van der Waals surface area contributed by atoms with Crippen molar-refractivity contribution < 1.29 is 0 Å². The smallest absolute Gasteiger partial charge is 0.0216 e. The summed E-state index contributed by atoms with van der Waals surface area (Å²) in [7, 11) is 0. The van der Waals surface area contributed by atoms with Crippen molar-refractivity contribution in [2.24, 2.45) is 47.3 Å². The standard InChI is InChI=1S/C122H137Br/c1-74(2)47-55-119(56-48-75(3)4)105-24-22-21-23-93(105)98-40-29-86(67-110(98)119)82-25-36-94-95-37-26-83(64-107(95)117(17,18)106(94)63-82)87-30-41-99-101-43-33-90(71-113(101)120(111(99)68-87,57-49-76(5)6)58-50-77(7)8)91-34-44-102-100-42-31-88(69-112(100)121(114(102)72-91,59-51-78(9)10)60-52-79(11)12)84-27-38-96-97-39-28-85(66-109(97)118(19,20)108(96)65-84)89-32-45-103-104-46-35-92(123)73-116(104)122(115(103)70-89,61-53-80(13)14)62-54-81(15)16/h21-46,63-81H,47-62H2,1-20H3. The van der Waals surface area contributed by atoms with Gasteiger partial charge >= 0.3 is 0 Å². The van der Waals surface area contributed by atoms with Crippen LogP contribution >= 0.6 is 15.9 Å². The molecule has 0 fully saturated rings. The molecule has 0 heterocycles. The van der Waals surface area contributed by atoms with Gasteiger partial charge in [-0.2, -0.15) is 0 Å². The molecule has 6 aliphatic rings. The predicted molar refractivity (Wildman–Crippen MR) is 534 cm³/mol. The van der Waals surface area contributed by atoms with Crippen molar-refractivity contribution in [2.45, 2.75) is 274 Å². The van der Waals surface area contributed by atoms with Gasteiger partial charge in [0.15, 0.2) is 0 Å². The summed E-state index contributed by atoms with van der Waals surface area (Å²) >= 11 is 3.94. The Bertz CT molecular complexity index is 6010. The summed E-state index contributed by atoms with van der Waals surface area (Å²) in [6.07, 6.45) is 18.7. The van der Waals surface area contributed by atoms with Crippen molar-refractivity contribution >= 4 is 15.9 Å². The van der Waals surface area contributed by atoms with Gasteiger partial charge in [0.05, 0.1) is 0 Å². The lowest BCUT2D eigenvalue weighted by Gasteiger charge is -2.35. The van der Waals surface area contributed by atoms with Crippen LogP contribution in [0, 0.1) is 47.3 Å². The molecule has 0 unspecified atom stereocenters. The van der Waals surface area contributed by atoms with E-state index in [2.05, 4.69) is 379 Å². The molecular formula is C122H137Br. The second kappa shape index (κ2) is 32.5. The Labute approximate surface area is 749 Å². The number of hydrogen-bond donors (Lipinski definition) is 0. The number of fused-ring (bicyclic) bond motifs is 18. The van der Waals surface area contributed by atoms with E-state index >= 15 is 0 Å². The lowest BCUT2D eigenvalue weighted by Crippen LogP contribution is -2.27. The molecule has 0 aromatic heterocycles. The second-order valence-electron chi connectivity index (χ2n) is 43.9. The summed E-state index contributed by atoms with van der Waals surface area (Å²) in [5.41, 5.74) is 47.5. The second-order valence-corrected chi connectivity index (χ2v) is 44.8. The van der Waals surface area contributed by atoms with Crippen LogP contribution in [0.25, 0.3) is 122 Å². The molecule has 6 aliphatic carbocycles. The van der Waals surface area contributed by atoms with E-state index in [1.54, 1.807) is 11.1 Å². The third-order valence-corrected chi connectivity index (χ3v) is 32.0. The van der Waals surface area contributed by atoms with Gasteiger partial charge in [-0.3, -0.25) is 0 Å². The summed E-state index contributed by atoms with van der Waals surface area (Å²) in [4.78, 5) is 0. The zero-order valence-electron chi connectivity index (χ0n) is 78.2. The van der Waals surface area contributed by atoms with Gasteiger partial charge in [0.2, 0.25) is 0 Å². The van der Waals surface area contributed by atoms with Crippen molar-refractivity contribution in [3.63, 3.8) is 0 Å². The highest BCUT2D eigenvalue weighted by Gasteiger charge is 2.49. The molecule has 0 nitrogen and oxygen atoms in total. The van der Waals surface area contributed by atoms with Crippen molar-refractivity contribution in [1.29, 1.82) is 0 Å². The maximum atomic E-state index is 3.94. The number of rotatable bonds is 29. The van der Waals surface area contributed by atoms with Crippen LogP contribution in [0.1, 0.15) is 308 Å². The molecule has 0 bridgehead atoms. The van der Waals surface area contributed by atoms with Gasteiger partial charge < -0.3 is 0 Å². The fourth-order valence-corrected chi connectivity index (χ4v) is 24.5. The fourth-order valence-electron chi connectivity index (χ4n) is 24.1. The molecule has 0 amide bonds. The van der Waals surface area contributed by atoms with Gasteiger partial charge in [-0.05, 0) is 412 Å². The Kier molecular flexibility index (Phi) is 22.5. The van der Waals surface area contributed by atoms with E-state index in [0.717, 1.165) is 38.5 Å². The number of hydrogen-bond acceptors (Lipinski definition) is 0. The van der Waals surface area contributed by atoms with Gasteiger partial charge in [-0.1, -0.05) is 306 Å². The molecule has 1 heteroatoms. The minimum atomic E-state index is -0.197. The molecule has 0 atom stereocenters. The fraction of sp³-hybridized carbons (Fsp3) is 0.410. The molecule has 0 saturated heterocycles. The first-order valence-electron chi connectivity index (χ1n) is 48.2. The Morgan fingerprint density at radius 3 is 0.537 bits per heavy atom. The molecular weight excluding hydrogens is 1550 g/mol. The van der Waals surface area contributed by atoms with Crippen LogP contribution in [0.2, 0.25) is 0 Å². The van der Waals surface area contributed by atoms with Gasteiger partial charge in [0.1, 0.15) is 0 Å². The summed E-state index contributed by atoms with van der Waals surface area (Å²) in [5.74, 6) is 4.87. The Balaban J connectivity index is 0.666. The van der Waals surface area contributed by atoms with Crippen LogP contribution in [0.4, 0.5) is 0 Å². The summed E-state index contributed by atoms with van der Waals surface area (Å²) < 4.78 is 1.18. The number of halogens is 1. The van der Waals surface area contributed by atoms with Crippen LogP contribution in [0.5, 0.6) is 0 Å². The predicted octanol–water partition coefficient (Wildman–Crippen LogP) is 36.0. The maximum absolute atomic E-state index is 3.94. The van der Waals surface area contributed by atoms with Crippen LogP contribution in [0.15, 0.2) is 229 Å². The zero-order valence-corrected chi connectivity index (χ0v) is 79.8. The van der Waals surface area contributed by atoms with Crippen molar-refractivity contribution in [2.75, 3.05) is 0 Å². The van der Waals surface area contributed by atoms with Crippen LogP contribution < -0.4 is 0 Å². The summed E-state index contributed by atoms with van der Waals surface area (Å²) in [6, 6.07) is 92.3. The van der Waals surface area contributed by atoms with Crippen molar-refractivity contribution in [3.05, 3.63) is 296 Å². The van der Waals surface area contributed by atoms with E-state index in [1.165, 1.54) is 247 Å². The normalized spacial score (nSPS) is 16.0. The molecule has 0 saturated carbocycles. The van der Waals surface area contributed by atoms with E-state index in [0.29, 0.717) is 47.3 Å². The average Bonchev–Trinajstić information content (AvgIpc) is 1.56. The van der Waals surface area contributed by atoms with Gasteiger partial charge in [-0.15, -0.1) is 0 Å². The summed E-state index contributed by atoms with van der Waals surface area (Å²) in [6.45, 7) is 48.7. The van der Waals surface area contributed by atoms with Crippen LogP contribution in [-0.2, 0) is 32.5 Å². The van der Waals surface area contributed by atoms with Gasteiger partial charge in [0.25, 0.3) is 0 Å². The molecule has 123 heavy (non-hydrogen) atoms. The van der Waals surface area contributed by atoms with E-state index < -0.39 is 0 Å². The van der Waals surface area contributed by atoms with Crippen molar-refractivity contribution in [3.8, 4) is 122 Å². The molecule has 18 rings (SSSR count). The molecule has 0 spiro atoms. The highest BCUT2D eigenvalue weighted by atomic mass is 79.9. The first kappa shape index (κ1) is 84.9. The Hall–Kier alpha value is -8.88. The molecule has 12 aromatic rings. The monoisotopic (exact) mass is 1680 g/mol. The lowest BCUT2D eigenvalue weighted by molar-refractivity contribution is 0.364. The van der Waals surface area contributed by atoms with E-state index in [9.17, 15) is 0 Å². The van der Waals surface area contributed by atoms with E-state index in [4.69, 9.17) is 0 Å².